The van der Waals surface area contributed by atoms with E-state index in [1.165, 1.54) is 0 Å². The van der Waals surface area contributed by atoms with Crippen LogP contribution in [0.25, 0.3) is 10.8 Å². The number of benzene rings is 2. The van der Waals surface area contributed by atoms with Gasteiger partial charge in [0.25, 0.3) is 0 Å². The molecule has 2 aromatic rings. The molecule has 0 saturated heterocycles. The molecular formula is C17H19ClO2. The smallest absolute Gasteiger partial charge is 0.324 e. The van der Waals surface area contributed by atoms with Gasteiger partial charge in [0, 0.05) is 6.42 Å². The molecule has 0 aromatic heterocycles. The van der Waals surface area contributed by atoms with Crippen molar-refractivity contribution >= 4 is 28.3 Å². The summed E-state index contributed by atoms with van der Waals surface area (Å²) in [5.41, 5.74) is 1.08. The molecule has 0 saturated carbocycles. The van der Waals surface area contributed by atoms with Crippen LogP contribution in [0.3, 0.4) is 0 Å². The second kappa shape index (κ2) is 7.30. The van der Waals surface area contributed by atoms with Crippen LogP contribution in [0.15, 0.2) is 42.5 Å². The van der Waals surface area contributed by atoms with E-state index in [0.717, 1.165) is 29.2 Å². The van der Waals surface area contributed by atoms with Crippen LogP contribution in [-0.4, -0.2) is 18.0 Å². The van der Waals surface area contributed by atoms with Crippen LogP contribution in [0.5, 0.6) is 0 Å². The summed E-state index contributed by atoms with van der Waals surface area (Å²) >= 11 is 6.17. The zero-order chi connectivity index (χ0) is 14.4. The van der Waals surface area contributed by atoms with Gasteiger partial charge < -0.3 is 4.74 Å². The van der Waals surface area contributed by atoms with Gasteiger partial charge in [-0.05, 0) is 22.8 Å². The van der Waals surface area contributed by atoms with Gasteiger partial charge in [0.1, 0.15) is 5.38 Å². The van der Waals surface area contributed by atoms with E-state index in [1.807, 2.05) is 24.3 Å². The number of halogens is 1. The van der Waals surface area contributed by atoms with Gasteiger partial charge in [0.05, 0.1) is 6.61 Å². The standard InChI is InChI=1S/C17H19ClO2/c1-2-3-11-20-17(19)16(18)12-14-9-6-8-13-7-4-5-10-15(13)14/h4-10,16H,2-3,11-12H2,1H3. The summed E-state index contributed by atoms with van der Waals surface area (Å²) in [6.07, 6.45) is 2.38. The van der Waals surface area contributed by atoms with E-state index >= 15 is 0 Å². The maximum Gasteiger partial charge on any atom is 0.324 e. The van der Waals surface area contributed by atoms with Crippen molar-refractivity contribution in [3.05, 3.63) is 48.0 Å². The highest BCUT2D eigenvalue weighted by atomic mass is 35.5. The molecule has 1 atom stereocenters. The minimum Gasteiger partial charge on any atom is -0.465 e. The second-order valence-electron chi connectivity index (χ2n) is 4.83. The summed E-state index contributed by atoms with van der Waals surface area (Å²) in [7, 11) is 0. The van der Waals surface area contributed by atoms with Crippen molar-refractivity contribution in [2.24, 2.45) is 0 Å². The van der Waals surface area contributed by atoms with Gasteiger partial charge in [-0.2, -0.15) is 0 Å². The van der Waals surface area contributed by atoms with Gasteiger partial charge in [-0.3, -0.25) is 4.79 Å². The molecule has 106 valence electrons. The predicted octanol–water partition coefficient (Wildman–Crippen LogP) is 4.33. The van der Waals surface area contributed by atoms with Gasteiger partial charge in [0.2, 0.25) is 0 Å². The third kappa shape index (κ3) is 3.73. The molecule has 2 rings (SSSR count). The van der Waals surface area contributed by atoms with E-state index in [9.17, 15) is 4.79 Å². The largest absolute Gasteiger partial charge is 0.465 e. The van der Waals surface area contributed by atoms with Crippen LogP contribution in [0.2, 0.25) is 0 Å². The lowest BCUT2D eigenvalue weighted by molar-refractivity contribution is -0.143. The van der Waals surface area contributed by atoms with E-state index < -0.39 is 5.38 Å². The van der Waals surface area contributed by atoms with Crippen molar-refractivity contribution in [1.29, 1.82) is 0 Å². The van der Waals surface area contributed by atoms with E-state index in [-0.39, 0.29) is 5.97 Å². The van der Waals surface area contributed by atoms with Crippen LogP contribution in [0.4, 0.5) is 0 Å². The molecule has 20 heavy (non-hydrogen) atoms. The summed E-state index contributed by atoms with van der Waals surface area (Å²) in [4.78, 5) is 11.8. The Morgan fingerprint density at radius 1 is 1.20 bits per heavy atom. The van der Waals surface area contributed by atoms with E-state index in [4.69, 9.17) is 16.3 Å². The maximum absolute atomic E-state index is 11.8. The summed E-state index contributed by atoms with van der Waals surface area (Å²) in [5.74, 6) is -0.326. The highest BCUT2D eigenvalue weighted by molar-refractivity contribution is 6.30. The number of carbonyl (C=O) groups excluding carboxylic acids is 1. The fraction of sp³-hybridized carbons (Fsp3) is 0.353. The summed E-state index contributed by atoms with van der Waals surface area (Å²) in [6, 6.07) is 14.2. The first-order valence-electron chi connectivity index (χ1n) is 6.99. The first kappa shape index (κ1) is 14.9. The number of rotatable bonds is 6. The molecule has 0 fully saturated rings. The molecule has 0 bridgehead atoms. The van der Waals surface area contributed by atoms with Crippen molar-refractivity contribution in [3.8, 4) is 0 Å². The Kier molecular flexibility index (Phi) is 5.42. The number of esters is 1. The molecule has 0 spiro atoms. The number of alkyl halides is 1. The highest BCUT2D eigenvalue weighted by Gasteiger charge is 2.18. The van der Waals surface area contributed by atoms with Gasteiger partial charge >= 0.3 is 5.97 Å². The Labute approximate surface area is 124 Å². The van der Waals surface area contributed by atoms with E-state index in [0.29, 0.717) is 13.0 Å². The second-order valence-corrected chi connectivity index (χ2v) is 5.36. The Bertz CT molecular complexity index is 575. The lowest BCUT2D eigenvalue weighted by Crippen LogP contribution is -2.20. The Morgan fingerprint density at radius 2 is 1.95 bits per heavy atom. The van der Waals surface area contributed by atoms with Gasteiger partial charge in [-0.1, -0.05) is 55.8 Å². The van der Waals surface area contributed by atoms with E-state index in [2.05, 4.69) is 25.1 Å². The lowest BCUT2D eigenvalue weighted by Gasteiger charge is -2.11. The first-order valence-corrected chi connectivity index (χ1v) is 7.43. The Balaban J connectivity index is 2.06. The molecule has 0 radical (unpaired) electrons. The van der Waals surface area contributed by atoms with Crippen molar-refractivity contribution in [3.63, 3.8) is 0 Å². The minimum atomic E-state index is -0.627. The predicted molar refractivity (Wildman–Crippen MR) is 83.2 cm³/mol. The highest BCUT2D eigenvalue weighted by Crippen LogP contribution is 2.21. The van der Waals surface area contributed by atoms with Crippen LogP contribution >= 0.6 is 11.6 Å². The molecule has 0 N–H and O–H groups in total. The summed E-state index contributed by atoms with van der Waals surface area (Å²) in [5, 5.41) is 1.67. The van der Waals surface area contributed by atoms with Gasteiger partial charge in [0.15, 0.2) is 0 Å². The molecule has 3 heteroatoms. The van der Waals surface area contributed by atoms with E-state index in [1.54, 1.807) is 0 Å². The number of ether oxygens (including phenoxy) is 1. The normalized spacial score (nSPS) is 12.3. The molecular weight excluding hydrogens is 272 g/mol. The third-order valence-electron chi connectivity index (χ3n) is 3.28. The Morgan fingerprint density at radius 3 is 2.75 bits per heavy atom. The van der Waals surface area contributed by atoms with Crippen LogP contribution in [0.1, 0.15) is 25.3 Å². The molecule has 0 aliphatic rings. The van der Waals surface area contributed by atoms with Gasteiger partial charge in [-0.25, -0.2) is 0 Å². The molecule has 0 aliphatic heterocycles. The minimum absolute atomic E-state index is 0.326. The first-order chi connectivity index (χ1) is 9.72. The average Bonchev–Trinajstić information content (AvgIpc) is 2.47. The molecule has 1 unspecified atom stereocenters. The van der Waals surface area contributed by atoms with Crippen molar-refractivity contribution in [2.45, 2.75) is 31.6 Å². The summed E-state index contributed by atoms with van der Waals surface area (Å²) in [6.45, 7) is 2.51. The topological polar surface area (TPSA) is 26.3 Å². The number of hydrogen-bond acceptors (Lipinski definition) is 2. The molecule has 2 aromatic carbocycles. The third-order valence-corrected chi connectivity index (χ3v) is 3.61. The molecule has 0 heterocycles. The SMILES string of the molecule is CCCCOC(=O)C(Cl)Cc1cccc2ccccc12. The van der Waals surface area contributed by atoms with Crippen molar-refractivity contribution < 1.29 is 9.53 Å². The van der Waals surface area contributed by atoms with Crippen molar-refractivity contribution in [2.75, 3.05) is 6.61 Å². The maximum atomic E-state index is 11.8. The molecule has 0 amide bonds. The molecule has 2 nitrogen and oxygen atoms in total. The zero-order valence-electron chi connectivity index (χ0n) is 11.6. The van der Waals surface area contributed by atoms with Crippen LogP contribution in [0, 0.1) is 0 Å². The van der Waals surface area contributed by atoms with Crippen molar-refractivity contribution in [1.82, 2.24) is 0 Å². The Hall–Kier alpha value is -1.54. The van der Waals surface area contributed by atoms with Crippen LogP contribution in [-0.2, 0) is 16.0 Å². The fourth-order valence-corrected chi connectivity index (χ4v) is 2.38. The number of hydrogen-bond donors (Lipinski definition) is 0. The number of fused-ring (bicyclic) bond motifs is 1. The summed E-state index contributed by atoms with van der Waals surface area (Å²) < 4.78 is 5.16. The lowest BCUT2D eigenvalue weighted by atomic mass is 10.0. The zero-order valence-corrected chi connectivity index (χ0v) is 12.4. The monoisotopic (exact) mass is 290 g/mol. The van der Waals surface area contributed by atoms with Crippen LogP contribution < -0.4 is 0 Å². The number of carbonyl (C=O) groups is 1. The quantitative estimate of drug-likeness (QED) is 0.449. The fourth-order valence-electron chi connectivity index (χ4n) is 2.15. The number of unbranched alkanes of at least 4 members (excludes halogenated alkanes) is 1. The van der Waals surface area contributed by atoms with Gasteiger partial charge in [-0.15, -0.1) is 11.6 Å². The average molecular weight is 291 g/mol. The molecule has 0 aliphatic carbocycles.